The minimum Gasteiger partial charge on any atom is -0.366 e. The van der Waals surface area contributed by atoms with Gasteiger partial charge in [-0.05, 0) is 31.0 Å². The maximum atomic E-state index is 11.7. The Labute approximate surface area is 104 Å². The molecule has 0 aliphatic heterocycles. The Morgan fingerprint density at radius 2 is 2.06 bits per heavy atom. The van der Waals surface area contributed by atoms with Crippen molar-refractivity contribution >= 4 is 29.1 Å². The van der Waals surface area contributed by atoms with Crippen molar-refractivity contribution in [2.24, 2.45) is 11.7 Å². The van der Waals surface area contributed by atoms with E-state index in [1.807, 2.05) is 0 Å². The first-order valence-corrected chi connectivity index (χ1v) is 5.86. The number of anilines is 1. The molecule has 0 unspecified atom stereocenters. The Kier molecular flexibility index (Phi) is 3.33. The molecule has 0 bridgehead atoms. The van der Waals surface area contributed by atoms with Crippen molar-refractivity contribution in [1.82, 2.24) is 0 Å². The van der Waals surface area contributed by atoms with Gasteiger partial charge in [0.2, 0.25) is 11.8 Å². The van der Waals surface area contributed by atoms with Crippen molar-refractivity contribution in [2.75, 3.05) is 5.32 Å². The van der Waals surface area contributed by atoms with Crippen LogP contribution in [0.2, 0.25) is 5.02 Å². The van der Waals surface area contributed by atoms with Gasteiger partial charge in [0.05, 0.1) is 10.6 Å². The molecular weight excluding hydrogens is 240 g/mol. The van der Waals surface area contributed by atoms with E-state index in [0.29, 0.717) is 10.7 Å². The van der Waals surface area contributed by atoms with Crippen LogP contribution in [0.4, 0.5) is 5.69 Å². The molecule has 2 rings (SSSR count). The molecule has 1 fully saturated rings. The fourth-order valence-electron chi connectivity index (χ4n) is 1.71. The van der Waals surface area contributed by atoms with Gasteiger partial charge in [-0.1, -0.05) is 18.0 Å². The molecule has 0 saturated heterocycles. The second-order valence-electron chi connectivity index (χ2n) is 4.18. The molecule has 1 aliphatic carbocycles. The molecule has 1 aliphatic rings. The monoisotopic (exact) mass is 252 g/mol. The van der Waals surface area contributed by atoms with Crippen LogP contribution in [0.1, 0.15) is 29.6 Å². The number of primary amides is 1. The first-order chi connectivity index (χ1) is 8.08. The van der Waals surface area contributed by atoms with Gasteiger partial charge < -0.3 is 11.1 Å². The molecule has 4 nitrogen and oxygen atoms in total. The zero-order valence-corrected chi connectivity index (χ0v) is 9.96. The third-order valence-corrected chi connectivity index (χ3v) is 3.30. The van der Waals surface area contributed by atoms with Crippen molar-refractivity contribution in [3.05, 3.63) is 28.8 Å². The van der Waals surface area contributed by atoms with E-state index in [2.05, 4.69) is 5.32 Å². The number of nitrogens with one attached hydrogen (secondary N) is 1. The topological polar surface area (TPSA) is 72.2 Å². The van der Waals surface area contributed by atoms with Gasteiger partial charge in [0.1, 0.15) is 0 Å². The lowest BCUT2D eigenvalue weighted by Crippen LogP contribution is -2.28. The van der Waals surface area contributed by atoms with E-state index in [1.165, 1.54) is 6.07 Å². The molecule has 1 aromatic rings. The van der Waals surface area contributed by atoms with Crippen LogP contribution in [0.25, 0.3) is 0 Å². The highest BCUT2D eigenvalue weighted by Gasteiger charge is 2.25. The number of nitrogens with two attached hydrogens (primary N) is 1. The molecule has 1 aromatic carbocycles. The summed E-state index contributed by atoms with van der Waals surface area (Å²) in [5, 5.41) is 3.05. The van der Waals surface area contributed by atoms with Crippen LogP contribution in [0, 0.1) is 5.92 Å². The van der Waals surface area contributed by atoms with Crippen molar-refractivity contribution in [3.8, 4) is 0 Å². The van der Waals surface area contributed by atoms with Gasteiger partial charge in [0.15, 0.2) is 0 Å². The highest BCUT2D eigenvalue weighted by Crippen LogP contribution is 2.28. The number of benzene rings is 1. The third kappa shape index (κ3) is 2.58. The minimum atomic E-state index is -0.602. The van der Waals surface area contributed by atoms with Gasteiger partial charge in [-0.2, -0.15) is 0 Å². The lowest BCUT2D eigenvalue weighted by molar-refractivity contribution is -0.122. The summed E-state index contributed by atoms with van der Waals surface area (Å²) in [6.07, 6.45) is 2.97. The quantitative estimate of drug-likeness (QED) is 0.865. The van der Waals surface area contributed by atoms with Crippen molar-refractivity contribution in [1.29, 1.82) is 0 Å². The van der Waals surface area contributed by atoms with E-state index in [1.54, 1.807) is 12.1 Å². The predicted molar refractivity (Wildman–Crippen MR) is 65.9 cm³/mol. The van der Waals surface area contributed by atoms with E-state index in [4.69, 9.17) is 17.3 Å². The first kappa shape index (κ1) is 11.9. The van der Waals surface area contributed by atoms with E-state index in [0.717, 1.165) is 19.3 Å². The first-order valence-electron chi connectivity index (χ1n) is 5.48. The maximum absolute atomic E-state index is 11.7. The van der Waals surface area contributed by atoms with Gasteiger partial charge in [-0.25, -0.2) is 0 Å². The summed E-state index contributed by atoms with van der Waals surface area (Å²) >= 11 is 5.82. The molecule has 17 heavy (non-hydrogen) atoms. The smallest absolute Gasteiger partial charge is 0.250 e. The Bertz CT molecular complexity index is 470. The summed E-state index contributed by atoms with van der Waals surface area (Å²) < 4.78 is 0. The molecule has 0 aromatic heterocycles. The molecule has 0 atom stereocenters. The highest BCUT2D eigenvalue weighted by atomic mass is 35.5. The van der Waals surface area contributed by atoms with Crippen molar-refractivity contribution < 1.29 is 9.59 Å². The Balaban J connectivity index is 2.13. The zero-order chi connectivity index (χ0) is 12.4. The van der Waals surface area contributed by atoms with Crippen LogP contribution in [-0.2, 0) is 4.79 Å². The van der Waals surface area contributed by atoms with Crippen LogP contribution in [0.15, 0.2) is 18.2 Å². The predicted octanol–water partition coefficient (Wildman–Crippen LogP) is 2.18. The summed E-state index contributed by atoms with van der Waals surface area (Å²) in [7, 11) is 0. The third-order valence-electron chi connectivity index (χ3n) is 2.98. The van der Waals surface area contributed by atoms with Crippen molar-refractivity contribution in [2.45, 2.75) is 19.3 Å². The van der Waals surface area contributed by atoms with Crippen LogP contribution in [0.5, 0.6) is 0 Å². The zero-order valence-electron chi connectivity index (χ0n) is 9.20. The fourth-order valence-corrected chi connectivity index (χ4v) is 1.92. The lowest BCUT2D eigenvalue weighted by Gasteiger charge is -2.24. The summed E-state index contributed by atoms with van der Waals surface area (Å²) in [6, 6.07) is 4.71. The van der Waals surface area contributed by atoms with Gasteiger partial charge in [-0.3, -0.25) is 9.59 Å². The van der Waals surface area contributed by atoms with E-state index in [9.17, 15) is 9.59 Å². The minimum absolute atomic E-state index is 0.00556. The maximum Gasteiger partial charge on any atom is 0.250 e. The molecule has 90 valence electrons. The standard InChI is InChI=1S/C12H13ClN2O2/c13-10-5-4-8(6-9(10)11(14)16)15-12(17)7-2-1-3-7/h4-7H,1-3H2,(H2,14,16)(H,15,17). The second kappa shape index (κ2) is 4.75. The Morgan fingerprint density at radius 3 is 2.59 bits per heavy atom. The molecule has 2 amide bonds. The SMILES string of the molecule is NC(=O)c1cc(NC(=O)C2CCC2)ccc1Cl. The van der Waals surface area contributed by atoms with Crippen LogP contribution in [0.3, 0.4) is 0 Å². The molecule has 0 radical (unpaired) electrons. The van der Waals surface area contributed by atoms with E-state index in [-0.39, 0.29) is 17.4 Å². The van der Waals surface area contributed by atoms with Crippen LogP contribution >= 0.6 is 11.6 Å². The molecular formula is C12H13ClN2O2. The van der Waals surface area contributed by atoms with Gasteiger partial charge in [0, 0.05) is 11.6 Å². The fraction of sp³-hybridized carbons (Fsp3) is 0.333. The Hall–Kier alpha value is -1.55. The summed E-state index contributed by atoms with van der Waals surface area (Å²) in [6.45, 7) is 0. The van der Waals surface area contributed by atoms with Crippen LogP contribution < -0.4 is 11.1 Å². The Morgan fingerprint density at radius 1 is 1.35 bits per heavy atom. The molecule has 1 saturated carbocycles. The summed E-state index contributed by atoms with van der Waals surface area (Å²) in [4.78, 5) is 22.8. The number of carbonyl (C=O) groups is 2. The number of amides is 2. The molecule has 5 heteroatoms. The summed E-state index contributed by atoms with van der Waals surface area (Å²) in [5.74, 6) is -0.508. The van der Waals surface area contributed by atoms with Crippen LogP contribution in [-0.4, -0.2) is 11.8 Å². The summed E-state index contributed by atoms with van der Waals surface area (Å²) in [5.41, 5.74) is 5.95. The number of hydrogen-bond donors (Lipinski definition) is 2. The number of carbonyl (C=O) groups excluding carboxylic acids is 2. The number of hydrogen-bond acceptors (Lipinski definition) is 2. The van der Waals surface area contributed by atoms with Gasteiger partial charge >= 0.3 is 0 Å². The molecule has 0 heterocycles. The average Bonchev–Trinajstić information content (AvgIpc) is 2.17. The highest BCUT2D eigenvalue weighted by molar-refractivity contribution is 6.33. The number of halogens is 1. The van der Waals surface area contributed by atoms with E-state index < -0.39 is 5.91 Å². The normalized spacial score (nSPS) is 15.1. The van der Waals surface area contributed by atoms with Gasteiger partial charge in [-0.15, -0.1) is 0 Å². The molecule has 0 spiro atoms. The van der Waals surface area contributed by atoms with Crippen molar-refractivity contribution in [3.63, 3.8) is 0 Å². The van der Waals surface area contributed by atoms with Gasteiger partial charge in [0.25, 0.3) is 0 Å². The molecule has 3 N–H and O–H groups in total. The number of rotatable bonds is 3. The second-order valence-corrected chi connectivity index (χ2v) is 4.58. The van der Waals surface area contributed by atoms with E-state index >= 15 is 0 Å². The average molecular weight is 253 g/mol. The largest absolute Gasteiger partial charge is 0.366 e. The lowest BCUT2D eigenvalue weighted by atomic mass is 9.85.